The van der Waals surface area contributed by atoms with Gasteiger partial charge in [0.15, 0.2) is 0 Å². The summed E-state index contributed by atoms with van der Waals surface area (Å²) in [6.07, 6.45) is 0.722. The van der Waals surface area contributed by atoms with Crippen molar-refractivity contribution in [3.8, 4) is 0 Å². The molecule has 0 saturated heterocycles. The van der Waals surface area contributed by atoms with Crippen molar-refractivity contribution in [1.82, 2.24) is 4.98 Å². The van der Waals surface area contributed by atoms with E-state index >= 15 is 0 Å². The summed E-state index contributed by atoms with van der Waals surface area (Å²) >= 11 is 0. The highest BCUT2D eigenvalue weighted by Crippen LogP contribution is 2.27. The van der Waals surface area contributed by atoms with Crippen molar-refractivity contribution >= 4 is 16.7 Å². The molecule has 0 aliphatic heterocycles. The molecule has 1 heterocycles. The van der Waals surface area contributed by atoms with E-state index in [9.17, 15) is 8.78 Å². The molecule has 1 aromatic carbocycles. The summed E-state index contributed by atoms with van der Waals surface area (Å²) in [7, 11) is 0. The molecule has 0 bridgehead atoms. The molecular weight excluding hydrogens is 234 g/mol. The quantitative estimate of drug-likeness (QED) is 0.895. The van der Waals surface area contributed by atoms with Gasteiger partial charge >= 0.3 is 0 Å². The van der Waals surface area contributed by atoms with Crippen molar-refractivity contribution < 1.29 is 8.78 Å². The van der Waals surface area contributed by atoms with E-state index in [1.165, 1.54) is 6.07 Å². The Bertz CT molecular complexity index is 594. The number of halogens is 2. The second kappa shape index (κ2) is 4.88. The average Bonchev–Trinajstić information content (AvgIpc) is 2.36. The molecule has 0 aliphatic rings. The van der Waals surface area contributed by atoms with Gasteiger partial charge in [-0.25, -0.2) is 13.8 Å². The third kappa shape index (κ3) is 2.03. The highest BCUT2D eigenvalue weighted by molar-refractivity contribution is 5.83. The number of rotatable bonds is 3. The fourth-order valence-corrected chi connectivity index (χ4v) is 2.03. The van der Waals surface area contributed by atoms with E-state index < -0.39 is 11.6 Å². The first-order chi connectivity index (χ1) is 8.58. The molecule has 0 atom stereocenters. The van der Waals surface area contributed by atoms with Gasteiger partial charge in [0.1, 0.15) is 23.0 Å². The van der Waals surface area contributed by atoms with Crippen LogP contribution < -0.4 is 5.32 Å². The summed E-state index contributed by atoms with van der Waals surface area (Å²) in [5.41, 5.74) is 1.29. The number of aryl methyl sites for hydroxylation is 2. The predicted octanol–water partition coefficient (Wildman–Crippen LogP) is 3.82. The van der Waals surface area contributed by atoms with E-state index in [1.54, 1.807) is 13.0 Å². The Labute approximate surface area is 105 Å². The van der Waals surface area contributed by atoms with Gasteiger partial charge in [0.2, 0.25) is 0 Å². The van der Waals surface area contributed by atoms with Gasteiger partial charge in [-0.1, -0.05) is 6.92 Å². The van der Waals surface area contributed by atoms with Gasteiger partial charge in [-0.05, 0) is 43.5 Å². The Morgan fingerprint density at radius 2 is 1.94 bits per heavy atom. The summed E-state index contributed by atoms with van der Waals surface area (Å²) in [5, 5.41) is 3.34. The van der Waals surface area contributed by atoms with Crippen LogP contribution in [-0.2, 0) is 6.42 Å². The maximum Gasteiger partial charge on any atom is 0.149 e. The largest absolute Gasteiger partial charge is 0.370 e. The van der Waals surface area contributed by atoms with Crippen LogP contribution in [0.25, 0.3) is 10.9 Å². The van der Waals surface area contributed by atoms with Crippen LogP contribution in [0.4, 0.5) is 14.6 Å². The molecule has 1 N–H and O–H groups in total. The minimum atomic E-state index is -0.481. The number of benzene rings is 1. The van der Waals surface area contributed by atoms with Crippen molar-refractivity contribution in [2.75, 3.05) is 11.9 Å². The topological polar surface area (TPSA) is 24.9 Å². The third-order valence-corrected chi connectivity index (χ3v) is 2.98. The Kier molecular flexibility index (Phi) is 3.45. The zero-order chi connectivity index (χ0) is 13.3. The molecule has 2 aromatic rings. The monoisotopic (exact) mass is 250 g/mol. The van der Waals surface area contributed by atoms with Gasteiger partial charge in [0.25, 0.3) is 0 Å². The SMILES string of the molecule is CCNc1nc2c(F)cc(C)c(F)c2cc1CC. The molecule has 0 spiro atoms. The van der Waals surface area contributed by atoms with Gasteiger partial charge in [-0.3, -0.25) is 0 Å². The third-order valence-electron chi connectivity index (χ3n) is 2.98. The Hall–Kier alpha value is -1.71. The van der Waals surface area contributed by atoms with Crippen molar-refractivity contribution in [2.45, 2.75) is 27.2 Å². The summed E-state index contributed by atoms with van der Waals surface area (Å²) in [6, 6.07) is 2.87. The molecule has 0 unspecified atom stereocenters. The van der Waals surface area contributed by atoms with Crippen LogP contribution in [0.1, 0.15) is 25.0 Å². The molecule has 0 fully saturated rings. The number of pyridine rings is 1. The van der Waals surface area contributed by atoms with Crippen LogP contribution in [0.15, 0.2) is 12.1 Å². The van der Waals surface area contributed by atoms with Gasteiger partial charge in [0.05, 0.1) is 0 Å². The van der Waals surface area contributed by atoms with E-state index in [0.717, 1.165) is 12.0 Å². The summed E-state index contributed by atoms with van der Waals surface area (Å²) in [5.74, 6) is -0.239. The molecule has 0 radical (unpaired) electrons. The Balaban J connectivity index is 2.78. The zero-order valence-electron chi connectivity index (χ0n) is 10.8. The molecule has 4 heteroatoms. The smallest absolute Gasteiger partial charge is 0.149 e. The number of anilines is 1. The van der Waals surface area contributed by atoms with Crippen molar-refractivity contribution in [3.63, 3.8) is 0 Å². The molecule has 2 rings (SSSR count). The number of nitrogens with one attached hydrogen (secondary N) is 1. The highest BCUT2D eigenvalue weighted by atomic mass is 19.1. The lowest BCUT2D eigenvalue weighted by Gasteiger charge is -2.11. The molecule has 2 nitrogen and oxygen atoms in total. The number of aromatic nitrogens is 1. The van der Waals surface area contributed by atoms with Crippen LogP contribution in [0.3, 0.4) is 0 Å². The first kappa shape index (κ1) is 12.7. The molecular formula is C14H16F2N2. The lowest BCUT2D eigenvalue weighted by molar-refractivity contribution is 0.607. The molecule has 0 saturated carbocycles. The lowest BCUT2D eigenvalue weighted by atomic mass is 10.1. The zero-order valence-corrected chi connectivity index (χ0v) is 10.8. The summed E-state index contributed by atoms with van der Waals surface area (Å²) in [6.45, 7) is 6.16. The number of nitrogens with zero attached hydrogens (tertiary/aromatic N) is 1. The number of fused-ring (bicyclic) bond motifs is 1. The van der Waals surface area contributed by atoms with E-state index in [-0.39, 0.29) is 10.9 Å². The first-order valence-corrected chi connectivity index (χ1v) is 6.10. The van der Waals surface area contributed by atoms with Gasteiger partial charge in [-0.2, -0.15) is 0 Å². The second-order valence-electron chi connectivity index (χ2n) is 4.27. The van der Waals surface area contributed by atoms with E-state index in [1.807, 2.05) is 13.8 Å². The van der Waals surface area contributed by atoms with Crippen molar-refractivity contribution in [3.05, 3.63) is 34.9 Å². The minimum absolute atomic E-state index is 0.0891. The van der Waals surface area contributed by atoms with E-state index in [4.69, 9.17) is 0 Å². The Morgan fingerprint density at radius 3 is 2.56 bits per heavy atom. The fourth-order valence-electron chi connectivity index (χ4n) is 2.03. The lowest BCUT2D eigenvalue weighted by Crippen LogP contribution is -2.05. The summed E-state index contributed by atoms with van der Waals surface area (Å²) in [4.78, 5) is 4.21. The number of hydrogen-bond acceptors (Lipinski definition) is 2. The second-order valence-corrected chi connectivity index (χ2v) is 4.27. The van der Waals surface area contributed by atoms with Crippen LogP contribution in [0.2, 0.25) is 0 Å². The van der Waals surface area contributed by atoms with E-state index in [0.29, 0.717) is 17.9 Å². The minimum Gasteiger partial charge on any atom is -0.370 e. The van der Waals surface area contributed by atoms with Crippen molar-refractivity contribution in [2.24, 2.45) is 0 Å². The predicted molar refractivity (Wildman–Crippen MR) is 69.9 cm³/mol. The molecule has 0 amide bonds. The van der Waals surface area contributed by atoms with Crippen LogP contribution in [0.5, 0.6) is 0 Å². The van der Waals surface area contributed by atoms with Gasteiger partial charge in [-0.15, -0.1) is 0 Å². The molecule has 0 aliphatic carbocycles. The normalized spacial score (nSPS) is 10.9. The first-order valence-electron chi connectivity index (χ1n) is 6.10. The van der Waals surface area contributed by atoms with Gasteiger partial charge in [0, 0.05) is 11.9 Å². The van der Waals surface area contributed by atoms with Crippen LogP contribution >= 0.6 is 0 Å². The molecule has 1 aromatic heterocycles. The maximum absolute atomic E-state index is 14.0. The fraction of sp³-hybridized carbons (Fsp3) is 0.357. The molecule has 96 valence electrons. The molecule has 18 heavy (non-hydrogen) atoms. The standard InChI is InChI=1S/C14H16F2N2/c1-4-9-7-10-12(16)8(3)6-11(15)13(10)18-14(9)17-5-2/h6-7H,4-5H2,1-3H3,(H,17,18). The average molecular weight is 250 g/mol. The van der Waals surface area contributed by atoms with Crippen LogP contribution in [0, 0.1) is 18.6 Å². The summed E-state index contributed by atoms with van der Waals surface area (Å²) < 4.78 is 27.8. The number of hydrogen-bond donors (Lipinski definition) is 1. The Morgan fingerprint density at radius 1 is 1.22 bits per heavy atom. The van der Waals surface area contributed by atoms with E-state index in [2.05, 4.69) is 10.3 Å². The van der Waals surface area contributed by atoms with Crippen LogP contribution in [-0.4, -0.2) is 11.5 Å². The highest BCUT2D eigenvalue weighted by Gasteiger charge is 2.14. The van der Waals surface area contributed by atoms with Crippen molar-refractivity contribution in [1.29, 1.82) is 0 Å². The maximum atomic E-state index is 14.0. The van der Waals surface area contributed by atoms with Gasteiger partial charge < -0.3 is 5.32 Å².